The van der Waals surface area contributed by atoms with Gasteiger partial charge in [0.15, 0.2) is 6.10 Å². The van der Waals surface area contributed by atoms with Crippen molar-refractivity contribution in [2.45, 2.75) is 142 Å². The molecule has 194 valence electrons. The standard InChI is InChI=1S/C28H52O5/c1-3-5-7-9-11-12-13-14-15-16-17-19-21-23-28(31)33-26(24-29)25-32-27(30)22-20-18-10-8-6-4-2/h12-13,26,29H,3-11,14-25H2,1-2H3/b13-12-. The van der Waals surface area contributed by atoms with Crippen molar-refractivity contribution in [1.82, 2.24) is 0 Å². The van der Waals surface area contributed by atoms with Crippen LogP contribution < -0.4 is 0 Å². The zero-order valence-electron chi connectivity index (χ0n) is 21.7. The number of aliphatic hydroxyl groups is 1. The molecule has 0 bridgehead atoms. The molecule has 0 saturated heterocycles. The second-order valence-electron chi connectivity index (χ2n) is 9.12. The van der Waals surface area contributed by atoms with E-state index in [2.05, 4.69) is 26.0 Å². The van der Waals surface area contributed by atoms with Gasteiger partial charge in [-0.05, 0) is 38.5 Å². The molecule has 0 heterocycles. The molecular formula is C28H52O5. The molecule has 0 saturated carbocycles. The lowest BCUT2D eigenvalue weighted by molar-refractivity contribution is -0.161. The minimum atomic E-state index is -0.764. The van der Waals surface area contributed by atoms with Gasteiger partial charge in [-0.1, -0.05) is 96.6 Å². The van der Waals surface area contributed by atoms with Crippen LogP contribution in [0.15, 0.2) is 12.2 Å². The van der Waals surface area contributed by atoms with Crippen LogP contribution in [0, 0.1) is 0 Å². The largest absolute Gasteiger partial charge is 0.462 e. The van der Waals surface area contributed by atoms with Crippen LogP contribution in [0.5, 0.6) is 0 Å². The molecule has 0 spiro atoms. The van der Waals surface area contributed by atoms with Crippen molar-refractivity contribution in [2.24, 2.45) is 0 Å². The van der Waals surface area contributed by atoms with Gasteiger partial charge in [-0.15, -0.1) is 0 Å². The van der Waals surface area contributed by atoms with Crippen LogP contribution in [0.4, 0.5) is 0 Å². The second-order valence-corrected chi connectivity index (χ2v) is 9.12. The van der Waals surface area contributed by atoms with Gasteiger partial charge in [0.25, 0.3) is 0 Å². The van der Waals surface area contributed by atoms with Gasteiger partial charge in [0.1, 0.15) is 6.61 Å². The van der Waals surface area contributed by atoms with E-state index in [1.807, 2.05) is 0 Å². The fraction of sp³-hybridized carbons (Fsp3) is 0.857. The highest BCUT2D eigenvalue weighted by Gasteiger charge is 2.16. The molecule has 0 aliphatic carbocycles. The van der Waals surface area contributed by atoms with Gasteiger partial charge < -0.3 is 14.6 Å². The normalized spacial score (nSPS) is 12.2. The van der Waals surface area contributed by atoms with Crippen molar-refractivity contribution < 1.29 is 24.2 Å². The number of carbonyl (C=O) groups is 2. The van der Waals surface area contributed by atoms with Crippen LogP contribution in [-0.4, -0.2) is 36.4 Å². The zero-order chi connectivity index (χ0) is 24.4. The minimum absolute atomic E-state index is 0.0664. The van der Waals surface area contributed by atoms with Gasteiger partial charge in [0.2, 0.25) is 0 Å². The van der Waals surface area contributed by atoms with Gasteiger partial charge in [-0.3, -0.25) is 9.59 Å². The SMILES string of the molecule is CCCCCC/C=C\CCCCCCCC(=O)OC(CO)COC(=O)CCCCCCCC. The van der Waals surface area contributed by atoms with Gasteiger partial charge in [0, 0.05) is 12.8 Å². The lowest BCUT2D eigenvalue weighted by Crippen LogP contribution is -2.28. The first-order chi connectivity index (χ1) is 16.1. The van der Waals surface area contributed by atoms with E-state index >= 15 is 0 Å². The number of hydrogen-bond donors (Lipinski definition) is 1. The van der Waals surface area contributed by atoms with Crippen LogP contribution in [-0.2, 0) is 19.1 Å². The molecule has 0 amide bonds. The molecule has 5 nitrogen and oxygen atoms in total. The van der Waals surface area contributed by atoms with Crippen molar-refractivity contribution in [3.05, 3.63) is 12.2 Å². The van der Waals surface area contributed by atoms with Crippen LogP contribution in [0.25, 0.3) is 0 Å². The topological polar surface area (TPSA) is 72.8 Å². The Kier molecular flexibility index (Phi) is 24.2. The van der Waals surface area contributed by atoms with Crippen LogP contribution in [0.2, 0.25) is 0 Å². The summed E-state index contributed by atoms with van der Waals surface area (Å²) >= 11 is 0. The Morgan fingerprint density at radius 3 is 1.67 bits per heavy atom. The molecule has 0 aromatic carbocycles. The van der Waals surface area contributed by atoms with Gasteiger partial charge >= 0.3 is 11.9 Å². The summed E-state index contributed by atoms with van der Waals surface area (Å²) in [6.45, 7) is 4.02. The number of unbranched alkanes of at least 4 members (excludes halogenated alkanes) is 14. The van der Waals surface area contributed by atoms with Crippen molar-refractivity contribution in [2.75, 3.05) is 13.2 Å². The molecule has 0 aliphatic rings. The Labute approximate surface area is 203 Å². The molecule has 0 aromatic heterocycles. The summed E-state index contributed by atoms with van der Waals surface area (Å²) in [5, 5.41) is 9.39. The van der Waals surface area contributed by atoms with Crippen LogP contribution in [0.1, 0.15) is 136 Å². The number of aliphatic hydroxyl groups excluding tert-OH is 1. The fourth-order valence-electron chi connectivity index (χ4n) is 3.66. The van der Waals surface area contributed by atoms with Gasteiger partial charge in [0.05, 0.1) is 6.61 Å². The molecule has 1 N–H and O–H groups in total. The van der Waals surface area contributed by atoms with E-state index in [9.17, 15) is 14.7 Å². The maximum atomic E-state index is 12.0. The third kappa shape index (κ3) is 23.6. The van der Waals surface area contributed by atoms with Crippen molar-refractivity contribution in [3.63, 3.8) is 0 Å². The van der Waals surface area contributed by atoms with E-state index in [4.69, 9.17) is 9.47 Å². The number of ether oxygens (including phenoxy) is 2. The first-order valence-electron chi connectivity index (χ1n) is 13.7. The molecular weight excluding hydrogens is 416 g/mol. The summed E-state index contributed by atoms with van der Waals surface area (Å²) in [6.07, 6.45) is 24.2. The zero-order valence-corrected chi connectivity index (χ0v) is 21.7. The highest BCUT2D eigenvalue weighted by atomic mass is 16.6. The predicted molar refractivity (Wildman–Crippen MR) is 136 cm³/mol. The summed E-state index contributed by atoms with van der Waals surface area (Å²) in [7, 11) is 0. The molecule has 0 aromatic rings. The summed E-state index contributed by atoms with van der Waals surface area (Å²) in [5.41, 5.74) is 0. The highest BCUT2D eigenvalue weighted by molar-refractivity contribution is 5.70. The number of carbonyl (C=O) groups excluding carboxylic acids is 2. The lowest BCUT2D eigenvalue weighted by Gasteiger charge is -2.15. The van der Waals surface area contributed by atoms with E-state index in [-0.39, 0.29) is 25.2 Å². The monoisotopic (exact) mass is 468 g/mol. The molecule has 0 rings (SSSR count). The van der Waals surface area contributed by atoms with Crippen molar-refractivity contribution in [1.29, 1.82) is 0 Å². The van der Waals surface area contributed by atoms with E-state index < -0.39 is 6.10 Å². The van der Waals surface area contributed by atoms with Crippen molar-refractivity contribution in [3.8, 4) is 0 Å². The van der Waals surface area contributed by atoms with Gasteiger partial charge in [-0.25, -0.2) is 0 Å². The molecule has 0 aliphatic heterocycles. The number of rotatable bonds is 24. The van der Waals surface area contributed by atoms with E-state index in [1.54, 1.807) is 0 Å². The molecule has 1 unspecified atom stereocenters. The quantitative estimate of drug-likeness (QED) is 0.0905. The Hall–Kier alpha value is -1.36. The molecule has 33 heavy (non-hydrogen) atoms. The van der Waals surface area contributed by atoms with E-state index in [0.29, 0.717) is 12.8 Å². The first kappa shape index (κ1) is 31.6. The Balaban J connectivity index is 3.62. The third-order valence-corrected chi connectivity index (χ3v) is 5.81. The Bertz CT molecular complexity index is 475. The van der Waals surface area contributed by atoms with E-state index in [1.165, 1.54) is 64.2 Å². The maximum absolute atomic E-state index is 12.0. The maximum Gasteiger partial charge on any atom is 0.306 e. The average molecular weight is 469 g/mol. The third-order valence-electron chi connectivity index (χ3n) is 5.81. The van der Waals surface area contributed by atoms with Crippen LogP contribution in [0.3, 0.4) is 0 Å². The molecule has 0 radical (unpaired) electrons. The van der Waals surface area contributed by atoms with Crippen molar-refractivity contribution >= 4 is 11.9 Å². The number of allylic oxidation sites excluding steroid dienone is 2. The smallest absolute Gasteiger partial charge is 0.306 e. The number of esters is 2. The molecule has 0 fully saturated rings. The summed E-state index contributed by atoms with van der Waals surface area (Å²) < 4.78 is 10.4. The molecule has 1 atom stereocenters. The first-order valence-corrected chi connectivity index (χ1v) is 13.7. The summed E-state index contributed by atoms with van der Waals surface area (Å²) in [5.74, 6) is -0.613. The lowest BCUT2D eigenvalue weighted by atomic mass is 10.1. The Morgan fingerprint density at radius 2 is 1.12 bits per heavy atom. The Morgan fingerprint density at radius 1 is 0.667 bits per heavy atom. The average Bonchev–Trinajstić information content (AvgIpc) is 2.81. The van der Waals surface area contributed by atoms with Crippen LogP contribution >= 0.6 is 0 Å². The highest BCUT2D eigenvalue weighted by Crippen LogP contribution is 2.11. The number of hydrogen-bond acceptors (Lipinski definition) is 5. The predicted octanol–water partition coefficient (Wildman–Crippen LogP) is 7.44. The molecule has 5 heteroatoms. The second kappa shape index (κ2) is 25.3. The minimum Gasteiger partial charge on any atom is -0.462 e. The summed E-state index contributed by atoms with van der Waals surface area (Å²) in [6, 6.07) is 0. The van der Waals surface area contributed by atoms with Gasteiger partial charge in [-0.2, -0.15) is 0 Å². The van der Waals surface area contributed by atoms with E-state index in [0.717, 1.165) is 44.9 Å². The summed E-state index contributed by atoms with van der Waals surface area (Å²) in [4.78, 5) is 23.8. The fourth-order valence-corrected chi connectivity index (χ4v) is 3.66.